The Morgan fingerprint density at radius 2 is 1.63 bits per heavy atom. The third kappa shape index (κ3) is 3.70. The van der Waals surface area contributed by atoms with Crippen LogP contribution in [0.1, 0.15) is 10.6 Å². The lowest BCUT2D eigenvalue weighted by atomic mass is 10.2. The molecule has 1 aromatic heterocycles. The van der Waals surface area contributed by atoms with Crippen molar-refractivity contribution in [3.63, 3.8) is 0 Å². The number of halogens is 1. The first-order chi connectivity index (χ1) is 12.9. The maximum atomic E-state index is 12.7. The smallest absolute Gasteiger partial charge is 0.289 e. The molecule has 27 heavy (non-hydrogen) atoms. The predicted octanol–water partition coefficient (Wildman–Crippen LogP) is 1.42. The Labute approximate surface area is 162 Å². The first kappa shape index (κ1) is 18.7. The van der Waals surface area contributed by atoms with E-state index in [-0.39, 0.29) is 24.8 Å². The van der Waals surface area contributed by atoms with Crippen molar-refractivity contribution >= 4 is 38.7 Å². The summed E-state index contributed by atoms with van der Waals surface area (Å²) in [5, 5.41) is 1.34. The molecule has 0 bridgehead atoms. The molecule has 0 atom stereocenters. The van der Waals surface area contributed by atoms with Gasteiger partial charge < -0.3 is 14.1 Å². The second-order valence-corrected chi connectivity index (χ2v) is 8.87. The average molecular weight is 414 g/mol. The van der Waals surface area contributed by atoms with Crippen molar-refractivity contribution in [1.29, 1.82) is 0 Å². The van der Waals surface area contributed by atoms with Crippen molar-refractivity contribution < 1.29 is 22.4 Å². The molecule has 2 fully saturated rings. The molecule has 0 radical (unpaired) electrons. The first-order valence-electron chi connectivity index (χ1n) is 8.76. The third-order valence-electron chi connectivity index (χ3n) is 4.84. The highest BCUT2D eigenvalue weighted by Gasteiger charge is 2.34. The highest BCUT2D eigenvalue weighted by atomic mass is 35.5. The highest BCUT2D eigenvalue weighted by molar-refractivity contribution is 7.86. The van der Waals surface area contributed by atoms with E-state index in [9.17, 15) is 13.2 Å². The van der Waals surface area contributed by atoms with E-state index in [0.29, 0.717) is 50.0 Å². The molecule has 4 rings (SSSR count). The molecule has 2 aromatic rings. The molecule has 10 heteroatoms. The molecule has 2 saturated heterocycles. The van der Waals surface area contributed by atoms with Crippen LogP contribution in [0.5, 0.6) is 0 Å². The molecule has 3 heterocycles. The number of hydrogen-bond acceptors (Lipinski definition) is 5. The number of carbonyl (C=O) groups excluding carboxylic acids is 1. The van der Waals surface area contributed by atoms with E-state index in [1.165, 1.54) is 8.61 Å². The van der Waals surface area contributed by atoms with E-state index < -0.39 is 10.2 Å². The van der Waals surface area contributed by atoms with Crippen molar-refractivity contribution in [2.75, 3.05) is 52.5 Å². The summed E-state index contributed by atoms with van der Waals surface area (Å²) in [7, 11) is -3.51. The lowest BCUT2D eigenvalue weighted by Crippen LogP contribution is -2.55. The molecule has 1 aromatic carbocycles. The number of amides is 1. The lowest BCUT2D eigenvalue weighted by Gasteiger charge is -2.37. The Kier molecular flexibility index (Phi) is 5.13. The molecule has 0 aliphatic carbocycles. The van der Waals surface area contributed by atoms with Crippen LogP contribution in [0.3, 0.4) is 0 Å². The predicted molar refractivity (Wildman–Crippen MR) is 100 cm³/mol. The first-order valence-corrected chi connectivity index (χ1v) is 10.5. The monoisotopic (exact) mass is 413 g/mol. The number of morpholine rings is 1. The molecule has 2 aliphatic heterocycles. The summed E-state index contributed by atoms with van der Waals surface area (Å²) in [5.41, 5.74) is 0.594. The fourth-order valence-electron chi connectivity index (χ4n) is 3.34. The molecule has 0 spiro atoms. The fraction of sp³-hybridized carbons (Fsp3) is 0.471. The zero-order chi connectivity index (χ0) is 19.0. The number of nitrogens with zero attached hydrogens (tertiary/aromatic N) is 3. The van der Waals surface area contributed by atoms with Gasteiger partial charge in [-0.05, 0) is 24.3 Å². The van der Waals surface area contributed by atoms with Crippen molar-refractivity contribution in [1.82, 2.24) is 13.5 Å². The minimum Gasteiger partial charge on any atom is -0.451 e. The van der Waals surface area contributed by atoms with Crippen molar-refractivity contribution in [2.24, 2.45) is 0 Å². The highest BCUT2D eigenvalue weighted by Crippen LogP contribution is 2.24. The van der Waals surface area contributed by atoms with Crippen molar-refractivity contribution in [3.8, 4) is 0 Å². The van der Waals surface area contributed by atoms with Crippen molar-refractivity contribution in [3.05, 3.63) is 35.0 Å². The third-order valence-corrected chi connectivity index (χ3v) is 7.11. The minimum atomic E-state index is -3.51. The topological polar surface area (TPSA) is 83.3 Å². The molecular weight excluding hydrogens is 394 g/mol. The second-order valence-electron chi connectivity index (χ2n) is 6.50. The Morgan fingerprint density at radius 1 is 0.963 bits per heavy atom. The molecule has 2 aliphatic rings. The van der Waals surface area contributed by atoms with Crippen LogP contribution < -0.4 is 0 Å². The normalized spacial score (nSPS) is 20.3. The summed E-state index contributed by atoms with van der Waals surface area (Å²) in [5.74, 6) is -0.0116. The van der Waals surface area contributed by atoms with Gasteiger partial charge in [0.2, 0.25) is 0 Å². The number of rotatable bonds is 3. The molecule has 1 amide bonds. The van der Waals surface area contributed by atoms with E-state index >= 15 is 0 Å². The Balaban J connectivity index is 1.42. The van der Waals surface area contributed by atoms with Gasteiger partial charge in [-0.1, -0.05) is 11.6 Å². The summed E-state index contributed by atoms with van der Waals surface area (Å²) in [6.45, 7) is 2.71. The number of fused-ring (bicyclic) bond motifs is 1. The summed E-state index contributed by atoms with van der Waals surface area (Å²) in [4.78, 5) is 14.3. The number of ether oxygens (including phenoxy) is 1. The van der Waals surface area contributed by atoms with Crippen LogP contribution in [0.4, 0.5) is 0 Å². The van der Waals surface area contributed by atoms with Crippen LogP contribution in [-0.2, 0) is 14.9 Å². The number of carbonyl (C=O) groups is 1. The van der Waals surface area contributed by atoms with Crippen LogP contribution in [-0.4, -0.2) is 80.3 Å². The Hall–Kier alpha value is -1.65. The second kappa shape index (κ2) is 7.40. The molecule has 0 N–H and O–H groups in total. The van der Waals surface area contributed by atoms with Gasteiger partial charge in [0.25, 0.3) is 16.1 Å². The van der Waals surface area contributed by atoms with Gasteiger partial charge in [0, 0.05) is 49.7 Å². The Morgan fingerprint density at radius 3 is 2.33 bits per heavy atom. The van der Waals surface area contributed by atoms with Gasteiger partial charge in [-0.2, -0.15) is 17.0 Å². The summed E-state index contributed by atoms with van der Waals surface area (Å²) in [6, 6.07) is 6.84. The summed E-state index contributed by atoms with van der Waals surface area (Å²) in [6.07, 6.45) is 0. The molecule has 0 saturated carbocycles. The zero-order valence-corrected chi connectivity index (χ0v) is 16.2. The van der Waals surface area contributed by atoms with Crippen LogP contribution >= 0.6 is 11.6 Å². The van der Waals surface area contributed by atoms with Crippen LogP contribution in [0.2, 0.25) is 5.02 Å². The largest absolute Gasteiger partial charge is 0.451 e. The maximum Gasteiger partial charge on any atom is 0.289 e. The van der Waals surface area contributed by atoms with E-state index in [1.54, 1.807) is 29.2 Å². The quantitative estimate of drug-likeness (QED) is 0.760. The zero-order valence-electron chi connectivity index (χ0n) is 14.6. The number of benzene rings is 1. The molecule has 146 valence electrons. The van der Waals surface area contributed by atoms with Gasteiger partial charge in [-0.25, -0.2) is 0 Å². The van der Waals surface area contributed by atoms with Gasteiger partial charge >= 0.3 is 0 Å². The molecule has 8 nitrogen and oxygen atoms in total. The maximum absolute atomic E-state index is 12.7. The standard InChI is InChI=1S/C17H20ClN3O5S/c18-14-1-2-15-13(11-14)12-16(26-15)17(22)19-3-5-20(6-4-19)27(23,24)21-7-9-25-10-8-21/h1-2,11-12H,3-10H2. The van der Waals surface area contributed by atoms with Gasteiger partial charge in [0.15, 0.2) is 5.76 Å². The van der Waals surface area contributed by atoms with Crippen LogP contribution in [0, 0.1) is 0 Å². The van der Waals surface area contributed by atoms with Gasteiger partial charge in [-0.15, -0.1) is 0 Å². The van der Waals surface area contributed by atoms with Crippen LogP contribution in [0.25, 0.3) is 11.0 Å². The SMILES string of the molecule is O=C(c1cc2cc(Cl)ccc2o1)N1CCN(S(=O)(=O)N2CCOCC2)CC1. The molecule has 0 unspecified atom stereocenters. The van der Waals surface area contributed by atoms with E-state index in [4.69, 9.17) is 20.8 Å². The van der Waals surface area contributed by atoms with E-state index in [1.807, 2.05) is 0 Å². The summed E-state index contributed by atoms with van der Waals surface area (Å²) < 4.78 is 39.1. The fourth-order valence-corrected chi connectivity index (χ4v) is 5.08. The van der Waals surface area contributed by atoms with Crippen LogP contribution in [0.15, 0.2) is 28.7 Å². The van der Waals surface area contributed by atoms with E-state index in [0.717, 1.165) is 5.39 Å². The Bertz CT molecular complexity index is 947. The van der Waals surface area contributed by atoms with E-state index in [2.05, 4.69) is 0 Å². The molecular formula is C17H20ClN3O5S. The van der Waals surface area contributed by atoms with Gasteiger partial charge in [0.1, 0.15) is 5.58 Å². The number of piperazine rings is 1. The number of hydrogen-bond donors (Lipinski definition) is 0. The summed E-state index contributed by atoms with van der Waals surface area (Å²) >= 11 is 5.97. The minimum absolute atomic E-state index is 0.233. The van der Waals surface area contributed by atoms with Gasteiger partial charge in [-0.3, -0.25) is 4.79 Å². The lowest BCUT2D eigenvalue weighted by molar-refractivity contribution is 0.0620. The van der Waals surface area contributed by atoms with Gasteiger partial charge in [0.05, 0.1) is 13.2 Å². The number of furan rings is 1. The van der Waals surface area contributed by atoms with Crippen molar-refractivity contribution in [2.45, 2.75) is 0 Å². The average Bonchev–Trinajstić information content (AvgIpc) is 3.11.